The molecule has 7 heteroatoms. The number of carbonyl (C=O) groups excluding carboxylic acids is 2. The molecule has 0 aromatic heterocycles. The van der Waals surface area contributed by atoms with Crippen molar-refractivity contribution in [1.29, 1.82) is 0 Å². The van der Waals surface area contributed by atoms with Crippen LogP contribution in [0.5, 0.6) is 5.75 Å². The van der Waals surface area contributed by atoms with Crippen LogP contribution in [0.4, 0.5) is 0 Å². The molecule has 0 bridgehead atoms. The van der Waals surface area contributed by atoms with Gasteiger partial charge in [-0.15, -0.1) is 0 Å². The molecule has 2 amide bonds. The Balaban J connectivity index is 2.22. The van der Waals surface area contributed by atoms with E-state index in [9.17, 15) is 9.59 Å². The van der Waals surface area contributed by atoms with Gasteiger partial charge >= 0.3 is 0 Å². The average Bonchev–Trinajstić information content (AvgIpc) is 2.74. The summed E-state index contributed by atoms with van der Waals surface area (Å²) in [5.41, 5.74) is 2.76. The Morgan fingerprint density at radius 2 is 1.77 bits per heavy atom. The van der Waals surface area contributed by atoms with E-state index in [0.29, 0.717) is 15.8 Å². The fourth-order valence-electron chi connectivity index (χ4n) is 2.97. The molecule has 2 atom stereocenters. The van der Waals surface area contributed by atoms with Gasteiger partial charge in [0.25, 0.3) is 5.91 Å². The van der Waals surface area contributed by atoms with Crippen LogP contribution in [0.2, 0.25) is 10.0 Å². The number of rotatable bonds is 9. The topological polar surface area (TPSA) is 58.6 Å². The van der Waals surface area contributed by atoms with Crippen molar-refractivity contribution in [2.45, 2.75) is 59.7 Å². The lowest BCUT2D eigenvalue weighted by Crippen LogP contribution is -2.50. The summed E-state index contributed by atoms with van der Waals surface area (Å²) in [5, 5.41) is 3.77. The monoisotopic (exact) mass is 464 g/mol. The van der Waals surface area contributed by atoms with E-state index in [0.717, 1.165) is 23.1 Å². The average molecular weight is 465 g/mol. The third-order valence-corrected chi connectivity index (χ3v) is 5.94. The van der Waals surface area contributed by atoms with Crippen LogP contribution < -0.4 is 10.1 Å². The number of aryl methyl sites for hydroxylation is 2. The van der Waals surface area contributed by atoms with Crippen molar-refractivity contribution < 1.29 is 14.3 Å². The van der Waals surface area contributed by atoms with Crippen LogP contribution in [0.15, 0.2) is 36.4 Å². The lowest BCUT2D eigenvalue weighted by molar-refractivity contribution is -0.142. The molecule has 2 unspecified atom stereocenters. The van der Waals surface area contributed by atoms with E-state index in [4.69, 9.17) is 27.9 Å². The second-order valence-corrected chi connectivity index (χ2v) is 8.64. The lowest BCUT2D eigenvalue weighted by atomic mass is 10.1. The molecule has 0 saturated carbocycles. The zero-order valence-corrected chi connectivity index (χ0v) is 20.2. The van der Waals surface area contributed by atoms with Gasteiger partial charge in [0.05, 0.1) is 10.0 Å². The first kappa shape index (κ1) is 25.0. The van der Waals surface area contributed by atoms with E-state index in [2.05, 4.69) is 5.32 Å². The fourth-order valence-corrected chi connectivity index (χ4v) is 3.29. The molecule has 0 heterocycles. The summed E-state index contributed by atoms with van der Waals surface area (Å²) >= 11 is 12.2. The molecular formula is C24H30Cl2N2O3. The molecule has 1 N–H and O–H groups in total. The minimum Gasteiger partial charge on any atom is -0.483 e. The smallest absolute Gasteiger partial charge is 0.261 e. The summed E-state index contributed by atoms with van der Waals surface area (Å²) in [7, 11) is 0. The number of benzene rings is 2. The van der Waals surface area contributed by atoms with Crippen molar-refractivity contribution in [3.8, 4) is 5.75 Å². The van der Waals surface area contributed by atoms with Gasteiger partial charge in [0.15, 0.2) is 6.61 Å². The number of hydrogen-bond donors (Lipinski definition) is 1. The van der Waals surface area contributed by atoms with Gasteiger partial charge in [-0.1, -0.05) is 48.3 Å². The van der Waals surface area contributed by atoms with Crippen molar-refractivity contribution in [3.05, 3.63) is 63.1 Å². The number of halogens is 2. The molecule has 2 rings (SSSR count). The summed E-state index contributed by atoms with van der Waals surface area (Å²) in [5.74, 6) is 0.146. The number of carbonyl (C=O) groups is 2. The summed E-state index contributed by atoms with van der Waals surface area (Å²) in [4.78, 5) is 27.4. The van der Waals surface area contributed by atoms with E-state index in [1.54, 1.807) is 25.1 Å². The molecule has 2 aromatic carbocycles. The maximum atomic E-state index is 13.1. The third kappa shape index (κ3) is 7.15. The van der Waals surface area contributed by atoms with Crippen molar-refractivity contribution in [3.63, 3.8) is 0 Å². The van der Waals surface area contributed by atoms with Crippen LogP contribution in [0, 0.1) is 13.8 Å². The van der Waals surface area contributed by atoms with Gasteiger partial charge < -0.3 is 15.0 Å². The molecule has 0 saturated heterocycles. The van der Waals surface area contributed by atoms with Gasteiger partial charge in [-0.3, -0.25) is 9.59 Å². The SMILES string of the molecule is CCC(C)NC(=O)C(C)N(Cc1ccc(Cl)c(Cl)c1)C(=O)COc1cc(C)ccc1C. The van der Waals surface area contributed by atoms with E-state index < -0.39 is 6.04 Å². The Morgan fingerprint density at radius 3 is 2.42 bits per heavy atom. The Morgan fingerprint density at radius 1 is 1.06 bits per heavy atom. The Bertz CT molecular complexity index is 933. The highest BCUT2D eigenvalue weighted by atomic mass is 35.5. The molecule has 5 nitrogen and oxygen atoms in total. The number of amides is 2. The predicted molar refractivity (Wildman–Crippen MR) is 126 cm³/mol. The second-order valence-electron chi connectivity index (χ2n) is 7.82. The minimum absolute atomic E-state index is 0.0167. The summed E-state index contributed by atoms with van der Waals surface area (Å²) in [6.07, 6.45) is 0.801. The third-order valence-electron chi connectivity index (χ3n) is 5.20. The van der Waals surface area contributed by atoms with Crippen LogP contribution in [-0.4, -0.2) is 35.4 Å². The van der Waals surface area contributed by atoms with Crippen molar-refractivity contribution in [1.82, 2.24) is 10.2 Å². The van der Waals surface area contributed by atoms with E-state index in [-0.39, 0.29) is 31.0 Å². The van der Waals surface area contributed by atoms with Crippen LogP contribution in [-0.2, 0) is 16.1 Å². The molecule has 0 radical (unpaired) electrons. The normalized spacial score (nSPS) is 12.7. The van der Waals surface area contributed by atoms with Crippen molar-refractivity contribution in [2.24, 2.45) is 0 Å². The Kier molecular flexibility index (Phi) is 9.20. The van der Waals surface area contributed by atoms with Gasteiger partial charge in [0.1, 0.15) is 11.8 Å². The maximum absolute atomic E-state index is 13.1. The first-order chi connectivity index (χ1) is 14.6. The van der Waals surface area contributed by atoms with Crippen LogP contribution >= 0.6 is 23.2 Å². The van der Waals surface area contributed by atoms with Crippen LogP contribution in [0.1, 0.15) is 43.9 Å². The molecule has 2 aromatic rings. The Hall–Kier alpha value is -2.24. The molecule has 0 aliphatic carbocycles. The molecule has 0 spiro atoms. The maximum Gasteiger partial charge on any atom is 0.261 e. The van der Waals surface area contributed by atoms with Gasteiger partial charge in [-0.25, -0.2) is 0 Å². The van der Waals surface area contributed by atoms with Gasteiger partial charge in [0, 0.05) is 12.6 Å². The standard InChI is InChI=1S/C24H30Cl2N2O3/c1-6-17(4)27-24(30)18(5)28(13-19-9-10-20(25)21(26)12-19)23(29)14-31-22-11-15(2)7-8-16(22)3/h7-12,17-18H,6,13-14H2,1-5H3,(H,27,30). The van der Waals surface area contributed by atoms with E-state index in [1.165, 1.54) is 4.90 Å². The molecule has 31 heavy (non-hydrogen) atoms. The van der Waals surface area contributed by atoms with Crippen LogP contribution in [0.3, 0.4) is 0 Å². The second kappa shape index (κ2) is 11.4. The van der Waals surface area contributed by atoms with E-state index in [1.807, 2.05) is 45.9 Å². The predicted octanol–water partition coefficient (Wildman–Crippen LogP) is 5.32. The molecular weight excluding hydrogens is 435 g/mol. The minimum atomic E-state index is -0.682. The number of nitrogens with one attached hydrogen (secondary N) is 1. The summed E-state index contributed by atoms with van der Waals surface area (Å²) in [6.45, 7) is 9.56. The number of nitrogens with zero attached hydrogens (tertiary/aromatic N) is 1. The van der Waals surface area contributed by atoms with Gasteiger partial charge in [-0.2, -0.15) is 0 Å². The van der Waals surface area contributed by atoms with Gasteiger partial charge in [0.2, 0.25) is 5.91 Å². The summed E-state index contributed by atoms with van der Waals surface area (Å²) in [6, 6.07) is 10.3. The zero-order valence-electron chi connectivity index (χ0n) is 18.7. The highest BCUT2D eigenvalue weighted by molar-refractivity contribution is 6.42. The molecule has 0 fully saturated rings. The molecule has 168 valence electrons. The lowest BCUT2D eigenvalue weighted by Gasteiger charge is -2.29. The first-order valence-corrected chi connectivity index (χ1v) is 11.1. The zero-order chi connectivity index (χ0) is 23.1. The Labute approximate surface area is 194 Å². The highest BCUT2D eigenvalue weighted by Crippen LogP contribution is 2.24. The molecule has 0 aliphatic heterocycles. The van der Waals surface area contributed by atoms with Crippen LogP contribution in [0.25, 0.3) is 0 Å². The van der Waals surface area contributed by atoms with E-state index >= 15 is 0 Å². The summed E-state index contributed by atoms with van der Waals surface area (Å²) < 4.78 is 5.80. The quantitative estimate of drug-likeness (QED) is 0.545. The molecule has 0 aliphatic rings. The largest absolute Gasteiger partial charge is 0.483 e. The van der Waals surface area contributed by atoms with Gasteiger partial charge in [-0.05, 0) is 69.0 Å². The number of ether oxygens (including phenoxy) is 1. The number of hydrogen-bond acceptors (Lipinski definition) is 3. The van der Waals surface area contributed by atoms with Crippen molar-refractivity contribution in [2.75, 3.05) is 6.61 Å². The highest BCUT2D eigenvalue weighted by Gasteiger charge is 2.27. The first-order valence-electron chi connectivity index (χ1n) is 10.4. The van der Waals surface area contributed by atoms with Crippen molar-refractivity contribution >= 4 is 35.0 Å². The fraction of sp³-hybridized carbons (Fsp3) is 0.417.